The molecule has 1 amide bonds. The first-order valence-corrected chi connectivity index (χ1v) is 8.87. The normalized spacial score (nSPS) is 10.2. The van der Waals surface area contributed by atoms with Crippen LogP contribution in [0.4, 0.5) is 5.69 Å². The molecule has 1 N–H and O–H groups in total. The molecule has 0 spiro atoms. The minimum Gasteiger partial charge on any atom is -0.497 e. The molecule has 2 aromatic carbocycles. The summed E-state index contributed by atoms with van der Waals surface area (Å²) in [5.74, 6) is 1.91. The molecule has 0 aliphatic rings. The number of anilines is 1. The van der Waals surface area contributed by atoms with E-state index in [0.717, 1.165) is 6.42 Å². The fraction of sp³-hybridized carbons (Fsp3) is 0.316. The lowest BCUT2D eigenvalue weighted by Gasteiger charge is -2.15. The van der Waals surface area contributed by atoms with E-state index in [1.165, 1.54) is 14.2 Å². The van der Waals surface area contributed by atoms with Crippen LogP contribution in [0.2, 0.25) is 0 Å². The molecule has 140 valence electrons. The van der Waals surface area contributed by atoms with Crippen LogP contribution in [0, 0.1) is 0 Å². The highest BCUT2D eigenvalue weighted by atomic mass is 79.9. The smallest absolute Gasteiger partial charge is 0.255 e. The second-order valence-electron chi connectivity index (χ2n) is 5.36. The molecule has 0 radical (unpaired) electrons. The lowest BCUT2D eigenvalue weighted by molar-refractivity contribution is 0.102. The van der Waals surface area contributed by atoms with E-state index >= 15 is 0 Å². The SMILES string of the molecule is CCCOc1c(Br)cc(C(=O)Nc2ccc(OC)cc2OC)cc1OC. The van der Waals surface area contributed by atoms with Gasteiger partial charge in [-0.05, 0) is 46.6 Å². The topological polar surface area (TPSA) is 66.0 Å². The van der Waals surface area contributed by atoms with Gasteiger partial charge in [0.1, 0.15) is 11.5 Å². The molecule has 0 atom stereocenters. The van der Waals surface area contributed by atoms with E-state index in [-0.39, 0.29) is 5.91 Å². The predicted molar refractivity (Wildman–Crippen MR) is 104 cm³/mol. The summed E-state index contributed by atoms with van der Waals surface area (Å²) in [5, 5.41) is 2.83. The standard InChI is InChI=1S/C19H22BrNO5/c1-5-8-26-18-14(20)9-12(10-17(18)25-4)19(22)21-15-7-6-13(23-2)11-16(15)24-3/h6-7,9-11H,5,8H2,1-4H3,(H,21,22). The van der Waals surface area contributed by atoms with E-state index < -0.39 is 0 Å². The fourth-order valence-electron chi connectivity index (χ4n) is 2.29. The third-order valence-electron chi connectivity index (χ3n) is 3.60. The van der Waals surface area contributed by atoms with E-state index in [1.807, 2.05) is 6.92 Å². The van der Waals surface area contributed by atoms with Gasteiger partial charge in [-0.3, -0.25) is 4.79 Å². The van der Waals surface area contributed by atoms with Gasteiger partial charge < -0.3 is 24.3 Å². The van der Waals surface area contributed by atoms with Gasteiger partial charge in [-0.1, -0.05) is 6.92 Å². The van der Waals surface area contributed by atoms with Crippen molar-refractivity contribution >= 4 is 27.5 Å². The van der Waals surface area contributed by atoms with Gasteiger partial charge >= 0.3 is 0 Å². The quantitative estimate of drug-likeness (QED) is 0.675. The van der Waals surface area contributed by atoms with Crippen molar-refractivity contribution in [3.05, 3.63) is 40.4 Å². The first-order valence-electron chi connectivity index (χ1n) is 8.07. The van der Waals surface area contributed by atoms with Crippen LogP contribution < -0.4 is 24.3 Å². The third kappa shape index (κ3) is 4.60. The van der Waals surface area contributed by atoms with Crippen LogP contribution in [0.3, 0.4) is 0 Å². The summed E-state index contributed by atoms with van der Waals surface area (Å²) in [6, 6.07) is 8.50. The van der Waals surface area contributed by atoms with Crippen molar-refractivity contribution < 1.29 is 23.7 Å². The number of ether oxygens (including phenoxy) is 4. The highest BCUT2D eigenvalue weighted by Crippen LogP contribution is 2.37. The number of methoxy groups -OCH3 is 3. The number of nitrogens with one attached hydrogen (secondary N) is 1. The number of halogens is 1. The summed E-state index contributed by atoms with van der Waals surface area (Å²) in [4.78, 5) is 12.7. The lowest BCUT2D eigenvalue weighted by Crippen LogP contribution is -2.13. The van der Waals surface area contributed by atoms with Crippen molar-refractivity contribution in [3.8, 4) is 23.0 Å². The summed E-state index contributed by atoms with van der Waals surface area (Å²) < 4.78 is 22.2. The lowest BCUT2D eigenvalue weighted by atomic mass is 10.1. The van der Waals surface area contributed by atoms with Crippen molar-refractivity contribution in [2.24, 2.45) is 0 Å². The van der Waals surface area contributed by atoms with Crippen molar-refractivity contribution in [3.63, 3.8) is 0 Å². The molecule has 0 aromatic heterocycles. The average Bonchev–Trinajstić information content (AvgIpc) is 2.66. The van der Waals surface area contributed by atoms with E-state index in [0.29, 0.717) is 45.3 Å². The van der Waals surface area contributed by atoms with Gasteiger partial charge in [0.05, 0.1) is 38.1 Å². The molecule has 0 fully saturated rings. The van der Waals surface area contributed by atoms with Gasteiger partial charge in [0, 0.05) is 11.6 Å². The van der Waals surface area contributed by atoms with Crippen LogP contribution in [-0.4, -0.2) is 33.8 Å². The summed E-state index contributed by atoms with van der Waals surface area (Å²) in [6.45, 7) is 2.58. The van der Waals surface area contributed by atoms with Crippen LogP contribution in [-0.2, 0) is 0 Å². The fourth-order valence-corrected chi connectivity index (χ4v) is 2.85. The Morgan fingerprint density at radius 1 is 1.04 bits per heavy atom. The van der Waals surface area contributed by atoms with Gasteiger partial charge in [-0.2, -0.15) is 0 Å². The maximum absolute atomic E-state index is 12.7. The predicted octanol–water partition coefficient (Wildman–Crippen LogP) is 4.52. The van der Waals surface area contributed by atoms with E-state index in [2.05, 4.69) is 21.2 Å². The second kappa shape index (κ2) is 9.33. The van der Waals surface area contributed by atoms with E-state index in [1.54, 1.807) is 37.4 Å². The molecular formula is C19H22BrNO5. The zero-order valence-corrected chi connectivity index (χ0v) is 16.8. The Labute approximate surface area is 161 Å². The Bertz CT molecular complexity index is 779. The number of hydrogen-bond acceptors (Lipinski definition) is 5. The molecule has 2 aromatic rings. The molecule has 0 unspecified atom stereocenters. The maximum Gasteiger partial charge on any atom is 0.255 e. The Balaban J connectivity index is 2.28. The summed E-state index contributed by atoms with van der Waals surface area (Å²) >= 11 is 3.44. The molecule has 0 aliphatic carbocycles. The molecular weight excluding hydrogens is 402 g/mol. The van der Waals surface area contributed by atoms with Crippen molar-refractivity contribution in [1.82, 2.24) is 0 Å². The first-order chi connectivity index (χ1) is 12.5. The Kier molecular flexibility index (Phi) is 7.15. The molecule has 26 heavy (non-hydrogen) atoms. The van der Waals surface area contributed by atoms with Crippen molar-refractivity contribution in [2.75, 3.05) is 33.3 Å². The molecule has 0 bridgehead atoms. The number of carbonyl (C=O) groups excluding carboxylic acids is 1. The number of amides is 1. The number of rotatable bonds is 8. The summed E-state index contributed by atoms with van der Waals surface area (Å²) in [6.07, 6.45) is 0.870. The van der Waals surface area contributed by atoms with Crippen LogP contribution >= 0.6 is 15.9 Å². The number of benzene rings is 2. The third-order valence-corrected chi connectivity index (χ3v) is 4.19. The molecule has 0 heterocycles. The molecule has 0 aliphatic heterocycles. The molecule has 0 saturated carbocycles. The zero-order chi connectivity index (χ0) is 19.1. The minimum absolute atomic E-state index is 0.297. The van der Waals surface area contributed by atoms with Crippen LogP contribution in [0.1, 0.15) is 23.7 Å². The summed E-state index contributed by atoms with van der Waals surface area (Å²) in [5.41, 5.74) is 0.968. The maximum atomic E-state index is 12.7. The zero-order valence-electron chi connectivity index (χ0n) is 15.2. The Hall–Kier alpha value is -2.41. The average molecular weight is 424 g/mol. The number of carbonyl (C=O) groups is 1. The van der Waals surface area contributed by atoms with Crippen LogP contribution in [0.15, 0.2) is 34.8 Å². The molecule has 6 nitrogen and oxygen atoms in total. The first kappa shape index (κ1) is 19.9. The van der Waals surface area contributed by atoms with Crippen LogP contribution in [0.5, 0.6) is 23.0 Å². The van der Waals surface area contributed by atoms with Gasteiger partial charge in [0.2, 0.25) is 0 Å². The Morgan fingerprint density at radius 3 is 2.38 bits per heavy atom. The summed E-state index contributed by atoms with van der Waals surface area (Å²) in [7, 11) is 4.64. The van der Waals surface area contributed by atoms with Gasteiger partial charge in [0.25, 0.3) is 5.91 Å². The highest BCUT2D eigenvalue weighted by Gasteiger charge is 2.17. The molecule has 0 saturated heterocycles. The van der Waals surface area contributed by atoms with Crippen LogP contribution in [0.25, 0.3) is 0 Å². The largest absolute Gasteiger partial charge is 0.497 e. The minimum atomic E-state index is -0.297. The highest BCUT2D eigenvalue weighted by molar-refractivity contribution is 9.10. The van der Waals surface area contributed by atoms with E-state index in [9.17, 15) is 4.79 Å². The second-order valence-corrected chi connectivity index (χ2v) is 6.21. The van der Waals surface area contributed by atoms with Gasteiger partial charge in [0.15, 0.2) is 11.5 Å². The van der Waals surface area contributed by atoms with E-state index in [4.69, 9.17) is 18.9 Å². The molecule has 7 heteroatoms. The monoisotopic (exact) mass is 423 g/mol. The van der Waals surface area contributed by atoms with Gasteiger partial charge in [-0.25, -0.2) is 0 Å². The van der Waals surface area contributed by atoms with Crippen molar-refractivity contribution in [2.45, 2.75) is 13.3 Å². The number of hydrogen-bond donors (Lipinski definition) is 1. The Morgan fingerprint density at radius 2 is 1.77 bits per heavy atom. The van der Waals surface area contributed by atoms with Gasteiger partial charge in [-0.15, -0.1) is 0 Å². The van der Waals surface area contributed by atoms with Crippen molar-refractivity contribution in [1.29, 1.82) is 0 Å². The molecule has 2 rings (SSSR count).